The maximum Gasteiger partial charge on any atom is 0.323 e. The van der Waals surface area contributed by atoms with Crippen molar-refractivity contribution in [3.63, 3.8) is 0 Å². The van der Waals surface area contributed by atoms with E-state index in [-0.39, 0.29) is 18.0 Å². The Bertz CT molecular complexity index is 1270. The molecular formula is C25H21F2N3O3S. The van der Waals surface area contributed by atoms with Crippen LogP contribution in [0, 0.1) is 11.6 Å². The van der Waals surface area contributed by atoms with Gasteiger partial charge in [0.25, 0.3) is 5.91 Å². The number of methoxy groups -OCH3 is 1. The summed E-state index contributed by atoms with van der Waals surface area (Å²) in [6, 6.07) is 17.0. The molecule has 3 amide bonds. The number of hydrogen-bond acceptors (Lipinski definition) is 4. The van der Waals surface area contributed by atoms with Gasteiger partial charge in [0, 0.05) is 35.2 Å². The van der Waals surface area contributed by atoms with Gasteiger partial charge in [-0.05, 0) is 36.4 Å². The molecule has 0 aromatic heterocycles. The minimum atomic E-state index is -1.26. The molecule has 0 saturated carbocycles. The summed E-state index contributed by atoms with van der Waals surface area (Å²) in [4.78, 5) is 29.0. The summed E-state index contributed by atoms with van der Waals surface area (Å²) in [5, 5.41) is 2.86. The monoisotopic (exact) mass is 481 g/mol. The SMILES string of the molecule is COc1ccc(NC(=O)N2CCSC23C(=O)N(Cc2ccc(F)cc2F)c2ccccc23)cc1. The molecule has 2 aliphatic rings. The second-order valence-electron chi connectivity index (χ2n) is 7.95. The molecule has 2 aliphatic heterocycles. The second-order valence-corrected chi connectivity index (χ2v) is 9.23. The number of ether oxygens (including phenoxy) is 1. The van der Waals surface area contributed by atoms with Gasteiger partial charge < -0.3 is 15.0 Å². The van der Waals surface area contributed by atoms with Gasteiger partial charge in [0.1, 0.15) is 17.4 Å². The lowest BCUT2D eigenvalue weighted by molar-refractivity contribution is -0.123. The van der Waals surface area contributed by atoms with Gasteiger partial charge >= 0.3 is 6.03 Å². The lowest BCUT2D eigenvalue weighted by Gasteiger charge is -2.33. The number of rotatable bonds is 4. The first-order valence-corrected chi connectivity index (χ1v) is 11.6. The lowest BCUT2D eigenvalue weighted by Crippen LogP contribution is -2.51. The highest BCUT2D eigenvalue weighted by molar-refractivity contribution is 8.01. The van der Waals surface area contributed by atoms with E-state index in [0.717, 1.165) is 6.07 Å². The molecule has 3 aromatic rings. The molecule has 1 N–H and O–H groups in total. The molecule has 6 nitrogen and oxygen atoms in total. The third-order valence-corrected chi connectivity index (χ3v) is 7.45. The molecule has 0 radical (unpaired) electrons. The van der Waals surface area contributed by atoms with Crippen molar-refractivity contribution >= 4 is 35.1 Å². The van der Waals surface area contributed by atoms with E-state index >= 15 is 0 Å². The number of hydrogen-bond donors (Lipinski definition) is 1. The third-order valence-electron chi connectivity index (χ3n) is 6.03. The van der Waals surface area contributed by atoms with Crippen LogP contribution in [-0.2, 0) is 16.2 Å². The van der Waals surface area contributed by atoms with Gasteiger partial charge in [-0.25, -0.2) is 13.6 Å². The van der Waals surface area contributed by atoms with E-state index in [1.165, 1.54) is 33.7 Å². The number of thioether (sulfide) groups is 1. The molecule has 0 bridgehead atoms. The predicted octanol–water partition coefficient (Wildman–Crippen LogP) is 4.95. The number of fused-ring (bicyclic) bond motifs is 2. The Hall–Kier alpha value is -3.59. The summed E-state index contributed by atoms with van der Waals surface area (Å²) >= 11 is 1.38. The Balaban J connectivity index is 1.48. The lowest BCUT2D eigenvalue weighted by atomic mass is 10.1. The Labute approximate surface area is 199 Å². The summed E-state index contributed by atoms with van der Waals surface area (Å²) in [5.41, 5.74) is 2.04. The van der Waals surface area contributed by atoms with Crippen LogP contribution in [0.1, 0.15) is 11.1 Å². The third kappa shape index (κ3) is 3.56. The maximum atomic E-state index is 14.4. The zero-order chi connectivity index (χ0) is 23.9. The highest BCUT2D eigenvalue weighted by atomic mass is 32.2. The highest BCUT2D eigenvalue weighted by Crippen LogP contribution is 2.54. The van der Waals surface area contributed by atoms with Crippen LogP contribution in [0.2, 0.25) is 0 Å². The summed E-state index contributed by atoms with van der Waals surface area (Å²) in [5.74, 6) is -0.507. The van der Waals surface area contributed by atoms with E-state index in [1.54, 1.807) is 43.5 Å². The van der Waals surface area contributed by atoms with E-state index in [2.05, 4.69) is 5.32 Å². The number of carbonyl (C=O) groups excluding carboxylic acids is 2. The number of urea groups is 1. The maximum absolute atomic E-state index is 14.4. The molecule has 174 valence electrons. The zero-order valence-electron chi connectivity index (χ0n) is 18.3. The van der Waals surface area contributed by atoms with Crippen molar-refractivity contribution in [2.45, 2.75) is 11.4 Å². The van der Waals surface area contributed by atoms with Gasteiger partial charge in [-0.2, -0.15) is 0 Å². The van der Waals surface area contributed by atoms with Crippen LogP contribution >= 0.6 is 11.8 Å². The molecule has 2 heterocycles. The van der Waals surface area contributed by atoms with E-state index in [0.29, 0.717) is 35.0 Å². The van der Waals surface area contributed by atoms with E-state index in [1.807, 2.05) is 12.1 Å². The summed E-state index contributed by atoms with van der Waals surface area (Å²) < 4.78 is 33.0. The zero-order valence-corrected chi connectivity index (χ0v) is 19.1. The summed E-state index contributed by atoms with van der Waals surface area (Å²) in [6.07, 6.45) is 0. The molecular weight excluding hydrogens is 460 g/mol. The number of nitrogens with zero attached hydrogens (tertiary/aromatic N) is 2. The second kappa shape index (κ2) is 8.64. The van der Waals surface area contributed by atoms with E-state index in [9.17, 15) is 18.4 Å². The number of amides is 3. The minimum absolute atomic E-state index is 0.0712. The van der Waals surface area contributed by atoms with Crippen molar-refractivity contribution < 1.29 is 23.1 Å². The number of benzene rings is 3. The van der Waals surface area contributed by atoms with Gasteiger partial charge in [-0.3, -0.25) is 9.69 Å². The summed E-state index contributed by atoms with van der Waals surface area (Å²) in [7, 11) is 1.56. The normalized spacial score (nSPS) is 19.0. The van der Waals surface area contributed by atoms with Gasteiger partial charge in [0.05, 0.1) is 19.3 Å². The van der Waals surface area contributed by atoms with E-state index in [4.69, 9.17) is 4.74 Å². The van der Waals surface area contributed by atoms with E-state index < -0.39 is 22.5 Å². The first-order valence-electron chi connectivity index (χ1n) is 10.7. The Morgan fingerprint density at radius 2 is 1.88 bits per heavy atom. The number of halogens is 2. The number of anilines is 2. The average Bonchev–Trinajstić information content (AvgIpc) is 3.38. The first-order chi connectivity index (χ1) is 16.4. The first kappa shape index (κ1) is 22.2. The fourth-order valence-electron chi connectivity index (χ4n) is 4.41. The van der Waals surface area contributed by atoms with Gasteiger partial charge in [-0.1, -0.05) is 24.3 Å². The molecule has 1 spiro atoms. The predicted molar refractivity (Wildman–Crippen MR) is 127 cm³/mol. The smallest absolute Gasteiger partial charge is 0.323 e. The van der Waals surface area contributed by atoms with Crippen molar-refractivity contribution in [3.05, 3.63) is 89.5 Å². The average molecular weight is 482 g/mol. The number of carbonyl (C=O) groups is 2. The van der Waals surface area contributed by atoms with Crippen molar-refractivity contribution in [2.75, 3.05) is 29.6 Å². The molecule has 1 saturated heterocycles. The van der Waals surface area contributed by atoms with Crippen LogP contribution in [0.15, 0.2) is 66.7 Å². The van der Waals surface area contributed by atoms with Crippen LogP contribution in [-0.4, -0.2) is 36.2 Å². The fourth-order valence-corrected chi connectivity index (χ4v) is 5.87. The Kier molecular flexibility index (Phi) is 5.65. The molecule has 9 heteroatoms. The van der Waals surface area contributed by atoms with Crippen LogP contribution < -0.4 is 15.0 Å². The van der Waals surface area contributed by atoms with Crippen molar-refractivity contribution in [1.82, 2.24) is 4.90 Å². The molecule has 1 unspecified atom stereocenters. The van der Waals surface area contributed by atoms with Crippen molar-refractivity contribution in [2.24, 2.45) is 0 Å². The standard InChI is InChI=1S/C25H21F2N3O3S/c1-33-19-10-8-18(9-11-19)28-24(32)30-12-13-34-25(30)20-4-2-3-5-22(20)29(23(25)31)15-16-6-7-17(26)14-21(16)27/h2-11,14H,12-13,15H2,1H3,(H,28,32). The number of para-hydroxylation sites is 1. The van der Waals surface area contributed by atoms with Crippen LogP contribution in [0.3, 0.4) is 0 Å². The quantitative estimate of drug-likeness (QED) is 0.573. The number of nitrogens with one attached hydrogen (secondary N) is 1. The molecule has 0 aliphatic carbocycles. The Morgan fingerprint density at radius 3 is 2.62 bits per heavy atom. The molecule has 34 heavy (non-hydrogen) atoms. The van der Waals surface area contributed by atoms with Gasteiger partial charge in [0.2, 0.25) is 0 Å². The largest absolute Gasteiger partial charge is 0.497 e. The summed E-state index contributed by atoms with van der Waals surface area (Å²) in [6.45, 7) is 0.295. The van der Waals surface area contributed by atoms with Crippen LogP contribution in [0.5, 0.6) is 5.75 Å². The molecule has 1 fully saturated rings. The molecule has 5 rings (SSSR count). The molecule has 3 aromatic carbocycles. The van der Waals surface area contributed by atoms with Crippen molar-refractivity contribution in [3.8, 4) is 5.75 Å². The van der Waals surface area contributed by atoms with Crippen LogP contribution in [0.25, 0.3) is 0 Å². The minimum Gasteiger partial charge on any atom is -0.497 e. The van der Waals surface area contributed by atoms with Gasteiger partial charge in [0.15, 0.2) is 4.87 Å². The van der Waals surface area contributed by atoms with Gasteiger partial charge in [-0.15, -0.1) is 11.8 Å². The highest BCUT2D eigenvalue weighted by Gasteiger charge is 2.59. The molecule has 1 atom stereocenters. The fraction of sp³-hybridized carbons (Fsp3) is 0.200. The topological polar surface area (TPSA) is 61.9 Å². The Morgan fingerprint density at radius 1 is 1.12 bits per heavy atom. The van der Waals surface area contributed by atoms with Crippen molar-refractivity contribution in [1.29, 1.82) is 0 Å². The van der Waals surface area contributed by atoms with Crippen LogP contribution in [0.4, 0.5) is 25.0 Å².